The van der Waals surface area contributed by atoms with E-state index in [1.807, 2.05) is 13.8 Å². The first-order valence-corrected chi connectivity index (χ1v) is 9.34. The van der Waals surface area contributed by atoms with Crippen molar-refractivity contribution >= 4 is 17.8 Å². The van der Waals surface area contributed by atoms with E-state index in [0.29, 0.717) is 6.42 Å². The van der Waals surface area contributed by atoms with Crippen LogP contribution in [-0.4, -0.2) is 40.9 Å². The summed E-state index contributed by atoms with van der Waals surface area (Å²) in [5.41, 5.74) is -0.789. The van der Waals surface area contributed by atoms with Crippen LogP contribution < -0.4 is 10.6 Å². The second-order valence-electron chi connectivity index (χ2n) is 7.40. The molecule has 2 aliphatic rings. The third kappa shape index (κ3) is 3.90. The molecule has 0 aromatic rings. The van der Waals surface area contributed by atoms with E-state index in [1.165, 1.54) is 0 Å². The summed E-state index contributed by atoms with van der Waals surface area (Å²) in [6.07, 6.45) is 7.90. The minimum absolute atomic E-state index is 0.0624. The quantitative estimate of drug-likeness (QED) is 0.553. The van der Waals surface area contributed by atoms with Gasteiger partial charge in [0.05, 0.1) is 0 Å². The molecule has 1 aliphatic heterocycles. The van der Waals surface area contributed by atoms with Gasteiger partial charge in [-0.25, -0.2) is 4.79 Å². The summed E-state index contributed by atoms with van der Waals surface area (Å²) >= 11 is 0. The second kappa shape index (κ2) is 7.99. The van der Waals surface area contributed by atoms with Crippen molar-refractivity contribution < 1.29 is 14.4 Å². The second-order valence-corrected chi connectivity index (χ2v) is 7.40. The molecular formula is C18H31N3O3. The molecule has 2 N–H and O–H groups in total. The van der Waals surface area contributed by atoms with Crippen LogP contribution in [0.2, 0.25) is 0 Å². The van der Waals surface area contributed by atoms with Gasteiger partial charge in [-0.1, -0.05) is 46.0 Å². The fraction of sp³-hybridized carbons (Fsp3) is 0.833. The average molecular weight is 337 g/mol. The fourth-order valence-electron chi connectivity index (χ4n) is 3.88. The van der Waals surface area contributed by atoms with E-state index < -0.39 is 11.6 Å². The molecule has 0 radical (unpaired) electrons. The number of rotatable bonds is 7. The van der Waals surface area contributed by atoms with E-state index >= 15 is 0 Å². The van der Waals surface area contributed by atoms with Crippen LogP contribution in [0.4, 0.5) is 4.79 Å². The molecule has 1 spiro atoms. The fourth-order valence-corrected chi connectivity index (χ4v) is 3.88. The lowest BCUT2D eigenvalue weighted by atomic mass is 9.73. The van der Waals surface area contributed by atoms with Gasteiger partial charge in [0.1, 0.15) is 12.1 Å². The summed E-state index contributed by atoms with van der Waals surface area (Å²) < 4.78 is 0. The molecule has 2 fully saturated rings. The van der Waals surface area contributed by atoms with E-state index in [9.17, 15) is 14.4 Å². The van der Waals surface area contributed by atoms with Crippen molar-refractivity contribution in [3.8, 4) is 0 Å². The Bertz CT molecular complexity index is 494. The molecule has 0 bridgehead atoms. The first-order chi connectivity index (χ1) is 11.4. The Kier molecular flexibility index (Phi) is 6.24. The maximum absolute atomic E-state index is 12.8. The van der Waals surface area contributed by atoms with Gasteiger partial charge in [0.25, 0.3) is 5.91 Å². The van der Waals surface area contributed by atoms with Gasteiger partial charge in [-0.05, 0) is 32.1 Å². The van der Waals surface area contributed by atoms with Gasteiger partial charge in [0.15, 0.2) is 0 Å². The highest BCUT2D eigenvalue weighted by Crippen LogP contribution is 2.38. The predicted molar refractivity (Wildman–Crippen MR) is 92.4 cm³/mol. The first kappa shape index (κ1) is 18.7. The van der Waals surface area contributed by atoms with E-state index in [-0.39, 0.29) is 30.3 Å². The van der Waals surface area contributed by atoms with Crippen molar-refractivity contribution in [3.63, 3.8) is 0 Å². The Morgan fingerprint density at radius 3 is 2.79 bits per heavy atom. The Balaban J connectivity index is 1.91. The smallest absolute Gasteiger partial charge is 0.325 e. The largest absolute Gasteiger partial charge is 0.352 e. The van der Waals surface area contributed by atoms with Gasteiger partial charge >= 0.3 is 6.03 Å². The van der Waals surface area contributed by atoms with Gasteiger partial charge < -0.3 is 10.6 Å². The van der Waals surface area contributed by atoms with Crippen LogP contribution in [0.15, 0.2) is 0 Å². The number of hydrogen-bond acceptors (Lipinski definition) is 3. The number of nitrogens with zero attached hydrogens (tertiary/aromatic N) is 1. The maximum Gasteiger partial charge on any atom is 0.325 e. The van der Waals surface area contributed by atoms with Gasteiger partial charge in [-0.2, -0.15) is 0 Å². The maximum atomic E-state index is 12.8. The monoisotopic (exact) mass is 337 g/mol. The van der Waals surface area contributed by atoms with Crippen molar-refractivity contribution in [2.75, 3.05) is 6.54 Å². The first-order valence-electron chi connectivity index (χ1n) is 9.34. The number of unbranched alkanes of at least 4 members (excludes halogenated alkanes) is 2. The van der Waals surface area contributed by atoms with Gasteiger partial charge in [-0.3, -0.25) is 14.5 Å². The molecule has 1 saturated heterocycles. The van der Waals surface area contributed by atoms with Crippen LogP contribution in [0.3, 0.4) is 0 Å². The number of imide groups is 1. The van der Waals surface area contributed by atoms with Crippen molar-refractivity contribution in [1.29, 1.82) is 0 Å². The van der Waals surface area contributed by atoms with Gasteiger partial charge in [-0.15, -0.1) is 0 Å². The van der Waals surface area contributed by atoms with Crippen LogP contribution in [0, 0.1) is 5.92 Å². The van der Waals surface area contributed by atoms with Crippen molar-refractivity contribution in [2.24, 2.45) is 5.92 Å². The molecule has 1 heterocycles. The lowest BCUT2D eigenvalue weighted by Crippen LogP contribution is -2.54. The van der Waals surface area contributed by atoms with E-state index in [4.69, 9.17) is 0 Å². The zero-order valence-electron chi connectivity index (χ0n) is 15.2. The molecule has 2 rings (SSSR count). The SMILES string of the molecule is CCCCCC(C)NC(=O)CN1C(=O)NC2(CCCCC2C)C1=O. The topological polar surface area (TPSA) is 78.5 Å². The van der Waals surface area contributed by atoms with Crippen LogP contribution in [0.5, 0.6) is 0 Å². The third-order valence-electron chi connectivity index (χ3n) is 5.45. The number of hydrogen-bond donors (Lipinski definition) is 2. The highest BCUT2D eigenvalue weighted by Gasteiger charge is 2.55. The summed E-state index contributed by atoms with van der Waals surface area (Å²) in [5, 5.41) is 5.77. The average Bonchev–Trinajstić information content (AvgIpc) is 2.76. The Labute approximate surface area is 144 Å². The molecule has 6 heteroatoms. The van der Waals surface area contributed by atoms with Crippen molar-refractivity contribution in [3.05, 3.63) is 0 Å². The molecule has 136 valence electrons. The van der Waals surface area contributed by atoms with Gasteiger partial charge in [0, 0.05) is 6.04 Å². The van der Waals surface area contributed by atoms with E-state index in [0.717, 1.165) is 49.8 Å². The lowest BCUT2D eigenvalue weighted by Gasteiger charge is -2.36. The lowest BCUT2D eigenvalue weighted by molar-refractivity contribution is -0.137. The molecule has 4 amide bonds. The van der Waals surface area contributed by atoms with E-state index in [2.05, 4.69) is 17.6 Å². The van der Waals surface area contributed by atoms with Crippen molar-refractivity contribution in [2.45, 2.75) is 83.7 Å². The van der Waals surface area contributed by atoms with Gasteiger partial charge in [0.2, 0.25) is 5.91 Å². The Morgan fingerprint density at radius 1 is 1.38 bits per heavy atom. The highest BCUT2D eigenvalue weighted by molar-refractivity contribution is 6.09. The molecule has 0 aromatic carbocycles. The molecule has 0 aromatic heterocycles. The molecule has 3 atom stereocenters. The molecule has 1 saturated carbocycles. The summed E-state index contributed by atoms with van der Waals surface area (Å²) in [6.45, 7) is 5.93. The van der Waals surface area contributed by atoms with Crippen LogP contribution >= 0.6 is 0 Å². The molecule has 1 aliphatic carbocycles. The number of nitrogens with one attached hydrogen (secondary N) is 2. The summed E-state index contributed by atoms with van der Waals surface area (Å²) in [4.78, 5) is 38.3. The van der Waals surface area contributed by atoms with Crippen LogP contribution in [0.1, 0.15) is 72.1 Å². The Morgan fingerprint density at radius 2 is 2.12 bits per heavy atom. The minimum Gasteiger partial charge on any atom is -0.352 e. The zero-order chi connectivity index (χ0) is 17.7. The standard InChI is InChI=1S/C18H31N3O3/c1-4-5-6-10-14(3)19-15(22)12-21-16(23)18(20-17(21)24)11-8-7-9-13(18)2/h13-14H,4-12H2,1-3H3,(H,19,22)(H,20,24). The molecule has 24 heavy (non-hydrogen) atoms. The number of carbonyl (C=O) groups is 3. The van der Waals surface area contributed by atoms with Crippen LogP contribution in [-0.2, 0) is 9.59 Å². The number of urea groups is 1. The normalized spacial score (nSPS) is 28.1. The molecule has 6 nitrogen and oxygen atoms in total. The Hall–Kier alpha value is -1.59. The summed E-state index contributed by atoms with van der Waals surface area (Å²) in [7, 11) is 0. The molecular weight excluding hydrogens is 306 g/mol. The minimum atomic E-state index is -0.789. The van der Waals surface area contributed by atoms with E-state index in [1.54, 1.807) is 0 Å². The number of carbonyl (C=O) groups excluding carboxylic acids is 3. The summed E-state index contributed by atoms with van der Waals surface area (Å²) in [6, 6.07) is -0.366. The third-order valence-corrected chi connectivity index (χ3v) is 5.45. The predicted octanol–water partition coefficient (Wildman–Crippen LogP) is 2.57. The summed E-state index contributed by atoms with van der Waals surface area (Å²) in [5.74, 6) is -0.375. The zero-order valence-corrected chi connectivity index (χ0v) is 15.2. The van der Waals surface area contributed by atoms with Crippen LogP contribution in [0.25, 0.3) is 0 Å². The van der Waals surface area contributed by atoms with Crippen molar-refractivity contribution in [1.82, 2.24) is 15.5 Å². The highest BCUT2D eigenvalue weighted by atomic mass is 16.2. The molecule has 3 unspecified atom stereocenters. The number of amides is 4.